The van der Waals surface area contributed by atoms with E-state index in [1.807, 2.05) is 0 Å². The fourth-order valence-electron chi connectivity index (χ4n) is 1.55. The van der Waals surface area contributed by atoms with Gasteiger partial charge in [0.15, 0.2) is 0 Å². The Labute approximate surface area is 83.1 Å². The Morgan fingerprint density at radius 3 is 2.42 bits per heavy atom. The van der Waals surface area contributed by atoms with Crippen LogP contribution in [0.25, 0.3) is 0 Å². The van der Waals surface area contributed by atoms with Crippen LogP contribution in [0.4, 0.5) is 0 Å². The van der Waals surface area contributed by atoms with E-state index in [-0.39, 0.29) is 0 Å². The van der Waals surface area contributed by atoms with Gasteiger partial charge in [-0.15, -0.1) is 0 Å². The highest BCUT2D eigenvalue weighted by Gasteiger charge is 2.04. The molecule has 0 aliphatic carbocycles. The maximum Gasteiger partial charge on any atom is 0.0285 e. The summed E-state index contributed by atoms with van der Waals surface area (Å²) >= 11 is 3.51. The number of benzene rings is 1. The summed E-state index contributed by atoms with van der Waals surface area (Å²) in [4.78, 5) is 0. The molecular formula is C11H15Br. The van der Waals surface area contributed by atoms with Gasteiger partial charge < -0.3 is 0 Å². The van der Waals surface area contributed by atoms with E-state index in [1.165, 1.54) is 22.3 Å². The first kappa shape index (κ1) is 9.79. The second-order valence-electron chi connectivity index (χ2n) is 3.13. The largest absolute Gasteiger partial charge is 0.0876 e. The minimum absolute atomic E-state index is 0.970. The zero-order valence-corrected chi connectivity index (χ0v) is 9.53. The number of alkyl halides is 1. The molecule has 0 radical (unpaired) electrons. The standard InChI is InChI=1S/C11H15Br/c1-4-11-9(3)8(2)5-6-10(11)7-12/h5-6H,4,7H2,1-3H3. The molecule has 0 aromatic heterocycles. The third kappa shape index (κ3) is 1.71. The third-order valence-electron chi connectivity index (χ3n) is 2.46. The van der Waals surface area contributed by atoms with Crippen LogP contribution in [-0.2, 0) is 11.8 Å². The van der Waals surface area contributed by atoms with Crippen LogP contribution in [0.15, 0.2) is 12.1 Å². The molecule has 0 saturated heterocycles. The molecule has 1 heteroatoms. The lowest BCUT2D eigenvalue weighted by molar-refractivity contribution is 1.06. The highest BCUT2D eigenvalue weighted by Crippen LogP contribution is 2.20. The van der Waals surface area contributed by atoms with Crippen molar-refractivity contribution in [1.29, 1.82) is 0 Å². The fraction of sp³-hybridized carbons (Fsp3) is 0.455. The molecule has 0 fully saturated rings. The van der Waals surface area contributed by atoms with Gasteiger partial charge in [-0.1, -0.05) is 35.0 Å². The monoisotopic (exact) mass is 226 g/mol. The van der Waals surface area contributed by atoms with E-state index in [9.17, 15) is 0 Å². The van der Waals surface area contributed by atoms with Crippen LogP contribution in [0.3, 0.4) is 0 Å². The Balaban J connectivity index is 3.25. The fourth-order valence-corrected chi connectivity index (χ4v) is 2.07. The molecule has 0 saturated carbocycles. The summed E-state index contributed by atoms with van der Waals surface area (Å²) in [5.41, 5.74) is 5.79. The van der Waals surface area contributed by atoms with E-state index in [0.29, 0.717) is 0 Å². The Kier molecular flexibility index (Phi) is 3.33. The molecule has 0 N–H and O–H groups in total. The van der Waals surface area contributed by atoms with Crippen molar-refractivity contribution in [3.05, 3.63) is 34.4 Å². The van der Waals surface area contributed by atoms with Gasteiger partial charge in [-0.3, -0.25) is 0 Å². The van der Waals surface area contributed by atoms with Gasteiger partial charge in [0.1, 0.15) is 0 Å². The van der Waals surface area contributed by atoms with E-state index in [0.717, 1.165) is 11.8 Å². The molecule has 1 aromatic carbocycles. The van der Waals surface area contributed by atoms with Crippen molar-refractivity contribution in [3.63, 3.8) is 0 Å². The number of rotatable bonds is 2. The van der Waals surface area contributed by atoms with Gasteiger partial charge >= 0.3 is 0 Å². The molecule has 0 spiro atoms. The third-order valence-corrected chi connectivity index (χ3v) is 3.07. The van der Waals surface area contributed by atoms with Crippen LogP contribution in [-0.4, -0.2) is 0 Å². The molecule has 0 nitrogen and oxygen atoms in total. The zero-order chi connectivity index (χ0) is 9.14. The SMILES string of the molecule is CCc1c(CBr)ccc(C)c1C. The van der Waals surface area contributed by atoms with Gasteiger partial charge in [0, 0.05) is 5.33 Å². The summed E-state index contributed by atoms with van der Waals surface area (Å²) in [6.07, 6.45) is 1.13. The highest BCUT2D eigenvalue weighted by molar-refractivity contribution is 9.08. The van der Waals surface area contributed by atoms with Gasteiger partial charge in [-0.2, -0.15) is 0 Å². The van der Waals surface area contributed by atoms with E-state index in [4.69, 9.17) is 0 Å². The molecule has 66 valence electrons. The van der Waals surface area contributed by atoms with Gasteiger partial charge in [0.25, 0.3) is 0 Å². The Morgan fingerprint density at radius 1 is 1.25 bits per heavy atom. The molecule has 0 atom stereocenters. The lowest BCUT2D eigenvalue weighted by atomic mass is 9.97. The summed E-state index contributed by atoms with van der Waals surface area (Å²) in [7, 11) is 0. The lowest BCUT2D eigenvalue weighted by Gasteiger charge is -2.10. The smallest absolute Gasteiger partial charge is 0.0285 e. The minimum Gasteiger partial charge on any atom is -0.0876 e. The first-order valence-corrected chi connectivity index (χ1v) is 5.46. The molecule has 0 aliphatic heterocycles. The summed E-state index contributed by atoms with van der Waals surface area (Å²) in [6.45, 7) is 6.60. The van der Waals surface area contributed by atoms with Crippen LogP contribution in [0.2, 0.25) is 0 Å². The summed E-state index contributed by atoms with van der Waals surface area (Å²) in [5.74, 6) is 0. The molecular weight excluding hydrogens is 212 g/mol. The predicted molar refractivity (Wildman–Crippen MR) is 57.9 cm³/mol. The van der Waals surface area contributed by atoms with Crippen LogP contribution in [0.5, 0.6) is 0 Å². The molecule has 0 heterocycles. The highest BCUT2D eigenvalue weighted by atomic mass is 79.9. The van der Waals surface area contributed by atoms with Crippen LogP contribution in [0.1, 0.15) is 29.2 Å². The Bertz CT molecular complexity index is 277. The van der Waals surface area contributed by atoms with E-state index in [1.54, 1.807) is 0 Å². The summed E-state index contributed by atoms with van der Waals surface area (Å²) in [5, 5.41) is 0.970. The number of hydrogen-bond donors (Lipinski definition) is 0. The first-order chi connectivity index (χ1) is 5.70. The first-order valence-electron chi connectivity index (χ1n) is 4.34. The van der Waals surface area contributed by atoms with Gasteiger partial charge in [-0.05, 0) is 42.5 Å². The van der Waals surface area contributed by atoms with Crippen molar-refractivity contribution in [1.82, 2.24) is 0 Å². The van der Waals surface area contributed by atoms with Gasteiger partial charge in [0.05, 0.1) is 0 Å². The van der Waals surface area contributed by atoms with Crippen LogP contribution in [0, 0.1) is 13.8 Å². The molecule has 1 aromatic rings. The van der Waals surface area contributed by atoms with E-state index in [2.05, 4.69) is 48.8 Å². The Morgan fingerprint density at radius 2 is 1.92 bits per heavy atom. The van der Waals surface area contributed by atoms with Crippen LogP contribution >= 0.6 is 15.9 Å². The van der Waals surface area contributed by atoms with Crippen molar-refractivity contribution >= 4 is 15.9 Å². The van der Waals surface area contributed by atoms with Crippen molar-refractivity contribution in [2.45, 2.75) is 32.5 Å². The average Bonchev–Trinajstić information content (AvgIpc) is 2.09. The molecule has 0 unspecified atom stereocenters. The maximum atomic E-state index is 3.51. The van der Waals surface area contributed by atoms with E-state index >= 15 is 0 Å². The van der Waals surface area contributed by atoms with Crippen LogP contribution < -0.4 is 0 Å². The zero-order valence-electron chi connectivity index (χ0n) is 7.95. The van der Waals surface area contributed by atoms with E-state index < -0.39 is 0 Å². The molecule has 1 rings (SSSR count). The van der Waals surface area contributed by atoms with Gasteiger partial charge in [0.2, 0.25) is 0 Å². The normalized spacial score (nSPS) is 10.3. The van der Waals surface area contributed by atoms with Crippen molar-refractivity contribution in [2.24, 2.45) is 0 Å². The predicted octanol–water partition coefficient (Wildman–Crippen LogP) is 3.76. The molecule has 0 bridgehead atoms. The molecule has 12 heavy (non-hydrogen) atoms. The average molecular weight is 227 g/mol. The second kappa shape index (κ2) is 4.08. The number of aryl methyl sites for hydroxylation is 1. The van der Waals surface area contributed by atoms with Crippen molar-refractivity contribution < 1.29 is 0 Å². The summed E-state index contributed by atoms with van der Waals surface area (Å²) < 4.78 is 0. The lowest BCUT2D eigenvalue weighted by Crippen LogP contribution is -1.95. The number of hydrogen-bond acceptors (Lipinski definition) is 0. The topological polar surface area (TPSA) is 0 Å². The van der Waals surface area contributed by atoms with Crippen molar-refractivity contribution in [3.8, 4) is 0 Å². The second-order valence-corrected chi connectivity index (χ2v) is 3.69. The molecule has 0 amide bonds. The minimum atomic E-state index is 0.970. The summed E-state index contributed by atoms with van der Waals surface area (Å²) in [6, 6.07) is 4.42. The van der Waals surface area contributed by atoms with Gasteiger partial charge in [-0.25, -0.2) is 0 Å². The van der Waals surface area contributed by atoms with Crippen molar-refractivity contribution in [2.75, 3.05) is 0 Å². The Hall–Kier alpha value is -0.300. The molecule has 0 aliphatic rings. The maximum absolute atomic E-state index is 3.51. The number of halogens is 1. The quantitative estimate of drug-likeness (QED) is 0.675.